The number of alkyl halides is 4. The summed E-state index contributed by atoms with van der Waals surface area (Å²) in [6.07, 6.45) is 5.69. The van der Waals surface area contributed by atoms with Crippen molar-refractivity contribution in [3.8, 4) is 0 Å². The summed E-state index contributed by atoms with van der Waals surface area (Å²) in [5, 5.41) is 0. The first-order valence-corrected chi connectivity index (χ1v) is 8.97. The minimum absolute atomic E-state index is 0.356. The molecule has 0 nitrogen and oxygen atoms in total. The van der Waals surface area contributed by atoms with Crippen LogP contribution >= 0.6 is 31.9 Å². The second kappa shape index (κ2) is 5.31. The first kappa shape index (κ1) is 13.8. The predicted molar refractivity (Wildman–Crippen MR) is 76.9 cm³/mol. The molecule has 4 aliphatic rings. The summed E-state index contributed by atoms with van der Waals surface area (Å²) in [6, 6.07) is 0. The van der Waals surface area contributed by atoms with E-state index in [2.05, 4.69) is 31.9 Å². The molecule has 4 aliphatic carbocycles. The van der Waals surface area contributed by atoms with Crippen LogP contribution in [0.5, 0.6) is 0 Å². The fourth-order valence-corrected chi connectivity index (χ4v) is 6.41. The lowest BCUT2D eigenvalue weighted by molar-refractivity contribution is 0.264. The van der Waals surface area contributed by atoms with Crippen LogP contribution in [-0.4, -0.2) is 22.0 Å². The van der Waals surface area contributed by atoms with Gasteiger partial charge in [0, 0.05) is 21.5 Å². The molecule has 4 bridgehead atoms. The van der Waals surface area contributed by atoms with Crippen molar-refractivity contribution in [3.05, 3.63) is 0 Å². The van der Waals surface area contributed by atoms with E-state index in [1.165, 1.54) is 0 Å². The summed E-state index contributed by atoms with van der Waals surface area (Å²) >= 11 is 6.99. The molecule has 0 spiro atoms. The Bertz CT molecular complexity index is 282. The minimum atomic E-state index is -0.477. The molecule has 5 unspecified atom stereocenters. The molecule has 0 N–H and O–H groups in total. The molecule has 0 amide bonds. The summed E-state index contributed by atoms with van der Waals surface area (Å²) in [5.74, 6) is 1.52. The lowest BCUT2D eigenvalue weighted by atomic mass is 10.0. The number of rotatable bonds is 0. The van der Waals surface area contributed by atoms with Gasteiger partial charge in [-0.25, -0.2) is 8.78 Å². The third-order valence-corrected chi connectivity index (χ3v) is 7.55. The summed E-state index contributed by atoms with van der Waals surface area (Å²) < 4.78 is 26.0. The van der Waals surface area contributed by atoms with E-state index in [0.29, 0.717) is 33.3 Å². The van der Waals surface area contributed by atoms with Crippen LogP contribution in [0.3, 0.4) is 0 Å². The smallest absolute Gasteiger partial charge is 0.107 e. The van der Waals surface area contributed by atoms with Gasteiger partial charge in [0.2, 0.25) is 0 Å². The maximum Gasteiger partial charge on any atom is 0.107 e. The average Bonchev–Trinajstić information content (AvgIpc) is 3.02. The molecule has 0 saturated heterocycles. The number of halogens is 4. The van der Waals surface area contributed by atoms with Gasteiger partial charge in [-0.2, -0.15) is 0 Å². The fourth-order valence-electron chi connectivity index (χ4n) is 4.33. The van der Waals surface area contributed by atoms with Crippen molar-refractivity contribution in [2.24, 2.45) is 23.7 Å². The number of hydrogen-bond acceptors (Lipinski definition) is 0. The Morgan fingerprint density at radius 3 is 1.17 bits per heavy atom. The Morgan fingerprint density at radius 2 is 1.06 bits per heavy atom. The van der Waals surface area contributed by atoms with Gasteiger partial charge in [0.15, 0.2) is 0 Å². The molecular formula is C14H20Br2F2. The lowest BCUT2D eigenvalue weighted by Crippen LogP contribution is -2.11. The zero-order valence-corrected chi connectivity index (χ0v) is 13.5. The largest absolute Gasteiger partial charge is 0.247 e. The summed E-state index contributed by atoms with van der Waals surface area (Å²) in [7, 11) is 0. The van der Waals surface area contributed by atoms with Crippen molar-refractivity contribution in [2.45, 2.75) is 60.5 Å². The standard InChI is InChI=1S/2C7H10BrF/c2*8-6-3-4-1-2-5(6)7(4)9/h2*4-7H,1-3H2/t4?,5?,6?,7-;4?,5?,6-,7+/m11/s1. The summed E-state index contributed by atoms with van der Waals surface area (Å²) in [6.45, 7) is 0. The van der Waals surface area contributed by atoms with Gasteiger partial charge in [-0.05, 0) is 50.4 Å². The van der Waals surface area contributed by atoms with Crippen molar-refractivity contribution < 1.29 is 8.78 Å². The van der Waals surface area contributed by atoms with Gasteiger partial charge in [0.05, 0.1) is 0 Å². The first-order chi connectivity index (χ1) is 8.58. The van der Waals surface area contributed by atoms with E-state index in [1.54, 1.807) is 0 Å². The maximum atomic E-state index is 13.0. The predicted octanol–water partition coefficient (Wildman–Crippen LogP) is 5.04. The maximum absolute atomic E-state index is 13.0. The van der Waals surface area contributed by atoms with E-state index in [9.17, 15) is 8.78 Å². The van der Waals surface area contributed by atoms with Gasteiger partial charge >= 0.3 is 0 Å². The highest BCUT2D eigenvalue weighted by atomic mass is 79.9. The molecule has 0 heterocycles. The minimum Gasteiger partial charge on any atom is -0.247 e. The van der Waals surface area contributed by atoms with Gasteiger partial charge in [-0.3, -0.25) is 0 Å². The molecule has 4 saturated carbocycles. The number of fused-ring (bicyclic) bond motifs is 4. The second-order valence-electron chi connectivity index (χ2n) is 6.39. The fraction of sp³-hybridized carbons (Fsp3) is 1.00. The third kappa shape index (κ3) is 2.30. The molecule has 8 atom stereocenters. The topological polar surface area (TPSA) is 0 Å². The third-order valence-electron chi connectivity index (χ3n) is 5.45. The molecular weight excluding hydrogens is 366 g/mol. The zero-order valence-electron chi connectivity index (χ0n) is 10.4. The molecule has 0 aliphatic heterocycles. The van der Waals surface area contributed by atoms with Crippen LogP contribution in [0, 0.1) is 23.7 Å². The molecule has 0 aromatic carbocycles. The van der Waals surface area contributed by atoms with E-state index in [1.807, 2.05) is 0 Å². The van der Waals surface area contributed by atoms with Crippen molar-refractivity contribution in [2.75, 3.05) is 0 Å². The number of hydrogen-bond donors (Lipinski definition) is 0. The Labute approximate surface area is 125 Å². The molecule has 0 aromatic rings. The van der Waals surface area contributed by atoms with Crippen LogP contribution in [0.25, 0.3) is 0 Å². The van der Waals surface area contributed by atoms with Crippen molar-refractivity contribution >= 4 is 31.9 Å². The van der Waals surface area contributed by atoms with Crippen LogP contribution in [-0.2, 0) is 0 Å². The first-order valence-electron chi connectivity index (χ1n) is 7.14. The van der Waals surface area contributed by atoms with Crippen molar-refractivity contribution in [1.29, 1.82) is 0 Å². The van der Waals surface area contributed by atoms with Gasteiger partial charge < -0.3 is 0 Å². The van der Waals surface area contributed by atoms with E-state index >= 15 is 0 Å². The molecule has 104 valence electrons. The van der Waals surface area contributed by atoms with Crippen LogP contribution in [0.1, 0.15) is 38.5 Å². The van der Waals surface area contributed by atoms with Crippen molar-refractivity contribution in [1.82, 2.24) is 0 Å². The van der Waals surface area contributed by atoms with Gasteiger partial charge in [-0.1, -0.05) is 31.9 Å². The monoisotopic (exact) mass is 384 g/mol. The van der Waals surface area contributed by atoms with Gasteiger partial charge in [0.25, 0.3) is 0 Å². The molecule has 4 fully saturated rings. The Balaban J connectivity index is 0.000000111. The summed E-state index contributed by atoms with van der Waals surface area (Å²) in [4.78, 5) is 0.984. The molecule has 0 radical (unpaired) electrons. The summed E-state index contributed by atoms with van der Waals surface area (Å²) in [5.41, 5.74) is 0. The normalized spacial score (nSPS) is 56.7. The highest BCUT2D eigenvalue weighted by molar-refractivity contribution is 9.09. The van der Waals surface area contributed by atoms with E-state index in [0.717, 1.165) is 38.5 Å². The highest BCUT2D eigenvalue weighted by Crippen LogP contribution is 2.50. The van der Waals surface area contributed by atoms with Crippen molar-refractivity contribution in [3.63, 3.8) is 0 Å². The van der Waals surface area contributed by atoms with Crippen LogP contribution in [0.15, 0.2) is 0 Å². The quantitative estimate of drug-likeness (QED) is 0.512. The Hall–Kier alpha value is 0.820. The van der Waals surface area contributed by atoms with Gasteiger partial charge in [-0.15, -0.1) is 0 Å². The molecule has 4 heteroatoms. The molecule has 18 heavy (non-hydrogen) atoms. The van der Waals surface area contributed by atoms with Crippen LogP contribution < -0.4 is 0 Å². The van der Waals surface area contributed by atoms with E-state index in [-0.39, 0.29) is 0 Å². The Morgan fingerprint density at radius 1 is 0.667 bits per heavy atom. The van der Waals surface area contributed by atoms with E-state index < -0.39 is 12.3 Å². The highest BCUT2D eigenvalue weighted by Gasteiger charge is 2.48. The van der Waals surface area contributed by atoms with Gasteiger partial charge in [0.1, 0.15) is 12.3 Å². The van der Waals surface area contributed by atoms with E-state index in [4.69, 9.17) is 0 Å². The zero-order chi connectivity index (χ0) is 12.9. The molecule has 4 rings (SSSR count). The second-order valence-corrected chi connectivity index (χ2v) is 8.75. The SMILES string of the molecule is F[C@@H]1C2CCC1C(Br)C2.F[C@H]1C2CCC1[C@H](Br)C2. The average molecular weight is 386 g/mol. The Kier molecular flexibility index (Phi) is 4.07. The van der Waals surface area contributed by atoms with Crippen LogP contribution in [0.4, 0.5) is 8.78 Å². The lowest BCUT2D eigenvalue weighted by Gasteiger charge is -2.12. The molecule has 0 aromatic heterocycles. The van der Waals surface area contributed by atoms with Crippen LogP contribution in [0.2, 0.25) is 0 Å².